The van der Waals surface area contributed by atoms with Crippen LogP contribution in [0.2, 0.25) is 0 Å². The molecule has 0 unspecified atom stereocenters. The van der Waals surface area contributed by atoms with Gasteiger partial charge in [0.25, 0.3) is 5.91 Å². The summed E-state index contributed by atoms with van der Waals surface area (Å²) in [4.78, 5) is 35.4. The molecule has 0 aromatic heterocycles. The van der Waals surface area contributed by atoms with Crippen LogP contribution in [-0.4, -0.2) is 52.8 Å². The van der Waals surface area contributed by atoms with E-state index in [-0.39, 0.29) is 11.7 Å². The molecule has 148 valence electrons. The number of epoxide rings is 1. The zero-order valence-corrected chi connectivity index (χ0v) is 15.5. The van der Waals surface area contributed by atoms with Gasteiger partial charge in [-0.3, -0.25) is 9.59 Å². The van der Waals surface area contributed by atoms with Crippen LogP contribution in [0.4, 0.5) is 0 Å². The van der Waals surface area contributed by atoms with Crippen LogP contribution in [-0.2, 0) is 25.5 Å². The van der Waals surface area contributed by atoms with Crippen molar-refractivity contribution in [2.75, 3.05) is 6.54 Å². The van der Waals surface area contributed by atoms with Crippen molar-refractivity contribution in [1.82, 2.24) is 10.6 Å². The van der Waals surface area contributed by atoms with Gasteiger partial charge in [-0.25, -0.2) is 4.79 Å². The number of nitrogens with one attached hydrogen (secondary N) is 2. The number of aliphatic carboxylic acids is 1. The second-order valence-electron chi connectivity index (χ2n) is 7.06. The van der Waals surface area contributed by atoms with Gasteiger partial charge in [0.1, 0.15) is 11.8 Å². The largest absolute Gasteiger partial charge is 0.508 e. The highest BCUT2D eigenvalue weighted by Gasteiger charge is 2.51. The first kappa shape index (κ1) is 20.7. The maximum absolute atomic E-state index is 12.5. The van der Waals surface area contributed by atoms with Gasteiger partial charge in [-0.2, -0.15) is 0 Å². The average molecular weight is 378 g/mol. The lowest BCUT2D eigenvalue weighted by molar-refractivity contribution is -0.138. The van der Waals surface area contributed by atoms with E-state index in [2.05, 4.69) is 10.6 Å². The molecule has 27 heavy (non-hydrogen) atoms. The Kier molecular flexibility index (Phi) is 7.18. The number of aromatic hydroxyl groups is 1. The molecule has 0 aliphatic carbocycles. The first-order chi connectivity index (χ1) is 12.8. The summed E-state index contributed by atoms with van der Waals surface area (Å²) < 4.78 is 4.83. The Labute approximate surface area is 157 Å². The van der Waals surface area contributed by atoms with E-state index in [1.165, 1.54) is 0 Å². The predicted octanol–water partition coefficient (Wildman–Crippen LogP) is 0.824. The van der Waals surface area contributed by atoms with E-state index in [4.69, 9.17) is 9.84 Å². The summed E-state index contributed by atoms with van der Waals surface area (Å²) in [6, 6.07) is 5.97. The van der Waals surface area contributed by atoms with Gasteiger partial charge in [0, 0.05) is 6.54 Å². The van der Waals surface area contributed by atoms with Gasteiger partial charge in [-0.15, -0.1) is 0 Å². The minimum absolute atomic E-state index is 0.182. The van der Waals surface area contributed by atoms with Gasteiger partial charge in [0.2, 0.25) is 5.91 Å². The van der Waals surface area contributed by atoms with Crippen LogP contribution in [0.15, 0.2) is 24.3 Å². The number of phenolic OH excluding ortho intramolecular Hbond substituents is 1. The highest BCUT2D eigenvalue weighted by atomic mass is 16.6. The summed E-state index contributed by atoms with van der Waals surface area (Å²) in [5.74, 6) is -1.54. The number of hydrogen-bond donors (Lipinski definition) is 4. The van der Waals surface area contributed by atoms with Gasteiger partial charge in [-0.1, -0.05) is 26.0 Å². The molecule has 1 aliphatic rings. The van der Waals surface area contributed by atoms with E-state index in [9.17, 15) is 19.5 Å². The fourth-order valence-electron chi connectivity index (χ4n) is 2.64. The number of hydrogen-bond acceptors (Lipinski definition) is 5. The standard InChI is InChI=1S/C19H26N2O6/c1-11(2)3-8-14(21-18(24)15-16(27-15)19(25)26)17(23)20-10-9-12-4-6-13(22)7-5-12/h4-7,11,14-16,22H,3,8-10H2,1-2H3,(H,20,23)(H,21,24)(H,25,26)/t14-,15-,16-/m0/s1. The Balaban J connectivity index is 1.85. The number of carbonyl (C=O) groups is 3. The molecule has 1 aromatic rings. The topological polar surface area (TPSA) is 128 Å². The summed E-state index contributed by atoms with van der Waals surface area (Å²) in [7, 11) is 0. The number of carboxylic acid groups (broad SMARTS) is 1. The lowest BCUT2D eigenvalue weighted by atomic mass is 10.0. The highest BCUT2D eigenvalue weighted by molar-refractivity contribution is 5.95. The Morgan fingerprint density at radius 2 is 1.78 bits per heavy atom. The van der Waals surface area contributed by atoms with Crippen LogP contribution in [0, 0.1) is 5.92 Å². The van der Waals surface area contributed by atoms with Crippen molar-refractivity contribution >= 4 is 17.8 Å². The SMILES string of the molecule is CC(C)CC[C@H](NC(=O)[C@H]1O[C@@H]1C(=O)O)C(=O)NCCc1ccc(O)cc1. The molecule has 0 spiro atoms. The molecule has 4 N–H and O–H groups in total. The molecule has 1 aliphatic heterocycles. The molecular weight excluding hydrogens is 352 g/mol. The fraction of sp³-hybridized carbons (Fsp3) is 0.526. The maximum Gasteiger partial charge on any atom is 0.336 e. The molecule has 0 bridgehead atoms. The monoisotopic (exact) mass is 378 g/mol. The zero-order valence-electron chi connectivity index (χ0n) is 15.5. The molecular formula is C19H26N2O6. The normalized spacial score (nSPS) is 19.4. The van der Waals surface area contributed by atoms with Crippen molar-refractivity contribution in [1.29, 1.82) is 0 Å². The third kappa shape index (κ3) is 6.56. The molecule has 8 nitrogen and oxygen atoms in total. The Morgan fingerprint density at radius 1 is 1.11 bits per heavy atom. The number of phenols is 1. The molecule has 1 aromatic carbocycles. The first-order valence-corrected chi connectivity index (χ1v) is 9.02. The molecule has 2 amide bonds. The summed E-state index contributed by atoms with van der Waals surface area (Å²) in [6.07, 6.45) is -0.380. The molecule has 0 saturated carbocycles. The van der Waals surface area contributed by atoms with Crippen molar-refractivity contribution in [2.24, 2.45) is 5.92 Å². The van der Waals surface area contributed by atoms with Crippen molar-refractivity contribution in [3.05, 3.63) is 29.8 Å². The maximum atomic E-state index is 12.5. The number of ether oxygens (including phenoxy) is 1. The Hall–Kier alpha value is -2.61. The van der Waals surface area contributed by atoms with Crippen molar-refractivity contribution < 1.29 is 29.3 Å². The number of carboxylic acids is 1. The predicted molar refractivity (Wildman–Crippen MR) is 97.1 cm³/mol. The lowest BCUT2D eigenvalue weighted by Crippen LogP contribution is -2.49. The van der Waals surface area contributed by atoms with E-state index in [1.807, 2.05) is 13.8 Å². The van der Waals surface area contributed by atoms with Crippen LogP contribution in [0.1, 0.15) is 32.3 Å². The smallest absolute Gasteiger partial charge is 0.336 e. The van der Waals surface area contributed by atoms with E-state index < -0.39 is 30.1 Å². The second-order valence-corrected chi connectivity index (χ2v) is 7.06. The van der Waals surface area contributed by atoms with E-state index in [1.54, 1.807) is 24.3 Å². The van der Waals surface area contributed by atoms with Crippen molar-refractivity contribution in [2.45, 2.75) is 51.4 Å². The zero-order chi connectivity index (χ0) is 20.0. The van der Waals surface area contributed by atoms with Crippen LogP contribution in [0.25, 0.3) is 0 Å². The molecule has 2 rings (SSSR count). The van der Waals surface area contributed by atoms with E-state index >= 15 is 0 Å². The number of carbonyl (C=O) groups excluding carboxylic acids is 2. The summed E-state index contributed by atoms with van der Waals surface area (Å²) in [6.45, 7) is 4.42. The van der Waals surface area contributed by atoms with Gasteiger partial charge in [0.05, 0.1) is 0 Å². The molecule has 1 fully saturated rings. The van der Waals surface area contributed by atoms with Gasteiger partial charge in [0.15, 0.2) is 12.2 Å². The highest BCUT2D eigenvalue weighted by Crippen LogP contribution is 2.22. The first-order valence-electron chi connectivity index (χ1n) is 9.02. The minimum atomic E-state index is -1.19. The average Bonchev–Trinajstić information content (AvgIpc) is 3.41. The summed E-state index contributed by atoms with van der Waals surface area (Å²) >= 11 is 0. The number of benzene rings is 1. The van der Waals surface area contributed by atoms with Gasteiger partial charge >= 0.3 is 5.97 Å². The van der Waals surface area contributed by atoms with E-state index in [0.717, 1.165) is 12.0 Å². The molecule has 1 saturated heterocycles. The summed E-state index contributed by atoms with van der Waals surface area (Å²) in [5.41, 5.74) is 0.964. The van der Waals surface area contributed by atoms with Crippen LogP contribution >= 0.6 is 0 Å². The fourth-order valence-corrected chi connectivity index (χ4v) is 2.64. The van der Waals surface area contributed by atoms with Gasteiger partial charge in [-0.05, 0) is 42.9 Å². The molecule has 3 atom stereocenters. The summed E-state index contributed by atoms with van der Waals surface area (Å²) in [5, 5.41) is 23.5. The Bertz CT molecular complexity index is 673. The van der Waals surface area contributed by atoms with Crippen LogP contribution in [0.5, 0.6) is 5.75 Å². The van der Waals surface area contributed by atoms with Gasteiger partial charge < -0.3 is 25.6 Å². The second kappa shape index (κ2) is 9.36. The molecule has 0 radical (unpaired) electrons. The molecule has 1 heterocycles. The lowest BCUT2D eigenvalue weighted by Gasteiger charge is -2.19. The number of amides is 2. The number of rotatable bonds is 10. The third-order valence-electron chi connectivity index (χ3n) is 4.31. The minimum Gasteiger partial charge on any atom is -0.508 e. The van der Waals surface area contributed by atoms with Crippen LogP contribution in [0.3, 0.4) is 0 Å². The van der Waals surface area contributed by atoms with Crippen molar-refractivity contribution in [3.8, 4) is 5.75 Å². The quantitative estimate of drug-likeness (QED) is 0.446. The molecule has 8 heteroatoms. The van der Waals surface area contributed by atoms with Crippen LogP contribution < -0.4 is 10.6 Å². The third-order valence-corrected chi connectivity index (χ3v) is 4.31. The van der Waals surface area contributed by atoms with E-state index in [0.29, 0.717) is 25.3 Å². The Morgan fingerprint density at radius 3 is 2.33 bits per heavy atom. The van der Waals surface area contributed by atoms with Crippen molar-refractivity contribution in [3.63, 3.8) is 0 Å².